The molecule has 1 amide bonds. The van der Waals surface area contributed by atoms with Crippen molar-refractivity contribution in [1.82, 2.24) is 20.1 Å². The Bertz CT molecular complexity index is 619. The van der Waals surface area contributed by atoms with Crippen molar-refractivity contribution in [3.05, 3.63) is 42.5 Å². The zero-order valence-electron chi connectivity index (χ0n) is 13.3. The van der Waals surface area contributed by atoms with E-state index < -0.39 is 0 Å². The molecule has 1 aromatic heterocycles. The first kappa shape index (κ1) is 15.5. The van der Waals surface area contributed by atoms with Crippen LogP contribution in [0.15, 0.2) is 36.9 Å². The quantitative estimate of drug-likeness (QED) is 0.889. The lowest BCUT2D eigenvalue weighted by atomic mass is 10.2. The Morgan fingerprint density at radius 3 is 2.74 bits per heavy atom. The molecule has 0 aliphatic heterocycles. The summed E-state index contributed by atoms with van der Waals surface area (Å²) in [6, 6.07) is 7.55. The van der Waals surface area contributed by atoms with Crippen LogP contribution in [0.5, 0.6) is 5.75 Å². The van der Waals surface area contributed by atoms with Crippen LogP contribution < -0.4 is 10.1 Å². The summed E-state index contributed by atoms with van der Waals surface area (Å²) < 4.78 is 7.47. The number of hydrogen-bond acceptors (Lipinski definition) is 4. The maximum Gasteiger partial charge on any atom is 0.244 e. The summed E-state index contributed by atoms with van der Waals surface area (Å²) in [5.41, 5.74) is 1.04. The van der Waals surface area contributed by atoms with Gasteiger partial charge in [0.1, 0.15) is 24.4 Å². The number of nitrogens with zero attached hydrogens (tertiary/aromatic N) is 3. The molecule has 1 atom stereocenters. The van der Waals surface area contributed by atoms with Crippen molar-refractivity contribution >= 4 is 5.91 Å². The summed E-state index contributed by atoms with van der Waals surface area (Å²) in [4.78, 5) is 15.9. The van der Waals surface area contributed by atoms with Crippen molar-refractivity contribution in [3.63, 3.8) is 0 Å². The molecule has 122 valence electrons. The normalized spacial score (nSPS) is 16.2. The van der Waals surface area contributed by atoms with Crippen LogP contribution in [0.25, 0.3) is 0 Å². The SMILES string of the molecule is CC(C(=O)NCc1ccc(OC2CCCC2)cc1)n1cncn1. The molecule has 0 bridgehead atoms. The first-order valence-corrected chi connectivity index (χ1v) is 8.10. The van der Waals surface area contributed by atoms with Gasteiger partial charge < -0.3 is 10.1 Å². The number of nitrogens with one attached hydrogen (secondary N) is 1. The van der Waals surface area contributed by atoms with Crippen molar-refractivity contribution < 1.29 is 9.53 Å². The summed E-state index contributed by atoms with van der Waals surface area (Å²) >= 11 is 0. The number of aromatic nitrogens is 3. The first-order valence-electron chi connectivity index (χ1n) is 8.10. The molecule has 1 saturated carbocycles. The number of benzene rings is 1. The fourth-order valence-electron chi connectivity index (χ4n) is 2.76. The third-order valence-corrected chi connectivity index (χ3v) is 4.21. The highest BCUT2D eigenvalue weighted by Crippen LogP contribution is 2.24. The Balaban J connectivity index is 1.49. The summed E-state index contributed by atoms with van der Waals surface area (Å²) in [6.07, 6.45) is 8.16. The number of amides is 1. The van der Waals surface area contributed by atoms with Gasteiger partial charge in [-0.1, -0.05) is 12.1 Å². The number of rotatable bonds is 6. The third kappa shape index (κ3) is 4.09. The maximum atomic E-state index is 12.1. The fourth-order valence-corrected chi connectivity index (χ4v) is 2.76. The van der Waals surface area contributed by atoms with E-state index in [1.165, 1.54) is 23.9 Å². The van der Waals surface area contributed by atoms with E-state index in [-0.39, 0.29) is 11.9 Å². The highest BCUT2D eigenvalue weighted by molar-refractivity contribution is 5.79. The summed E-state index contributed by atoms with van der Waals surface area (Å²) in [5.74, 6) is 0.824. The van der Waals surface area contributed by atoms with Crippen LogP contribution in [0.1, 0.15) is 44.2 Å². The van der Waals surface area contributed by atoms with Gasteiger partial charge in [-0.25, -0.2) is 9.67 Å². The second-order valence-corrected chi connectivity index (χ2v) is 5.94. The Morgan fingerprint density at radius 1 is 1.35 bits per heavy atom. The van der Waals surface area contributed by atoms with Crippen LogP contribution in [-0.2, 0) is 11.3 Å². The monoisotopic (exact) mass is 314 g/mol. The molecule has 1 aromatic carbocycles. The van der Waals surface area contributed by atoms with Gasteiger partial charge in [0, 0.05) is 6.54 Å². The van der Waals surface area contributed by atoms with Gasteiger partial charge in [0.15, 0.2) is 0 Å². The minimum atomic E-state index is -0.373. The molecule has 0 spiro atoms. The van der Waals surface area contributed by atoms with E-state index in [4.69, 9.17) is 4.74 Å². The average Bonchev–Trinajstić information content (AvgIpc) is 3.27. The number of carbonyl (C=O) groups is 1. The van der Waals surface area contributed by atoms with Crippen LogP contribution >= 0.6 is 0 Å². The topological polar surface area (TPSA) is 69.0 Å². The number of ether oxygens (including phenoxy) is 1. The maximum absolute atomic E-state index is 12.1. The van der Waals surface area contributed by atoms with Gasteiger partial charge in [-0.05, 0) is 50.3 Å². The zero-order valence-corrected chi connectivity index (χ0v) is 13.3. The van der Waals surface area contributed by atoms with Gasteiger partial charge in [-0.15, -0.1) is 0 Å². The molecule has 0 radical (unpaired) electrons. The second kappa shape index (κ2) is 7.26. The highest BCUT2D eigenvalue weighted by Gasteiger charge is 2.17. The van der Waals surface area contributed by atoms with Crippen molar-refractivity contribution in [2.24, 2.45) is 0 Å². The molecule has 0 saturated heterocycles. The molecule has 1 aliphatic carbocycles. The summed E-state index contributed by atoms with van der Waals surface area (Å²) in [6.45, 7) is 2.28. The zero-order chi connectivity index (χ0) is 16.1. The van der Waals surface area contributed by atoms with E-state index in [0.717, 1.165) is 24.2 Å². The molecular weight excluding hydrogens is 292 g/mol. The van der Waals surface area contributed by atoms with Crippen LogP contribution in [0.4, 0.5) is 0 Å². The number of hydrogen-bond donors (Lipinski definition) is 1. The van der Waals surface area contributed by atoms with Crippen LogP contribution in [0, 0.1) is 0 Å². The van der Waals surface area contributed by atoms with E-state index in [1.54, 1.807) is 13.3 Å². The lowest BCUT2D eigenvalue weighted by Gasteiger charge is -2.14. The van der Waals surface area contributed by atoms with Gasteiger partial charge in [-0.2, -0.15) is 5.10 Å². The van der Waals surface area contributed by atoms with Gasteiger partial charge in [0.05, 0.1) is 6.10 Å². The van der Waals surface area contributed by atoms with Gasteiger partial charge in [0.2, 0.25) is 5.91 Å². The minimum Gasteiger partial charge on any atom is -0.490 e. The molecule has 2 aromatic rings. The molecular formula is C17H22N4O2. The second-order valence-electron chi connectivity index (χ2n) is 5.94. The van der Waals surface area contributed by atoms with E-state index in [0.29, 0.717) is 12.6 Å². The highest BCUT2D eigenvalue weighted by atomic mass is 16.5. The Morgan fingerprint density at radius 2 is 2.09 bits per heavy atom. The molecule has 1 fully saturated rings. The van der Waals surface area contributed by atoms with Crippen LogP contribution in [0.2, 0.25) is 0 Å². The van der Waals surface area contributed by atoms with Crippen molar-refractivity contribution in [2.45, 2.75) is 51.3 Å². The third-order valence-electron chi connectivity index (χ3n) is 4.21. The molecule has 1 N–H and O–H groups in total. The van der Waals surface area contributed by atoms with Crippen molar-refractivity contribution in [3.8, 4) is 5.75 Å². The minimum absolute atomic E-state index is 0.0817. The van der Waals surface area contributed by atoms with E-state index in [9.17, 15) is 4.79 Å². The Kier molecular flexibility index (Phi) is 4.90. The van der Waals surface area contributed by atoms with Crippen molar-refractivity contribution in [2.75, 3.05) is 0 Å². The fraction of sp³-hybridized carbons (Fsp3) is 0.471. The number of carbonyl (C=O) groups excluding carboxylic acids is 1. The van der Waals surface area contributed by atoms with E-state index >= 15 is 0 Å². The van der Waals surface area contributed by atoms with E-state index in [2.05, 4.69) is 15.4 Å². The van der Waals surface area contributed by atoms with Crippen LogP contribution in [-0.4, -0.2) is 26.8 Å². The molecule has 1 unspecified atom stereocenters. The molecule has 3 rings (SSSR count). The first-order chi connectivity index (χ1) is 11.2. The van der Waals surface area contributed by atoms with Gasteiger partial charge >= 0.3 is 0 Å². The standard InChI is InChI=1S/C17H22N4O2/c1-13(21-12-18-11-20-21)17(22)19-10-14-6-8-16(9-7-14)23-15-4-2-3-5-15/h6-9,11-13,15H,2-5,10H2,1H3,(H,19,22). The molecule has 6 nitrogen and oxygen atoms in total. The Hall–Kier alpha value is -2.37. The van der Waals surface area contributed by atoms with E-state index in [1.807, 2.05) is 24.3 Å². The molecule has 1 aliphatic rings. The largest absolute Gasteiger partial charge is 0.490 e. The lowest BCUT2D eigenvalue weighted by molar-refractivity contribution is -0.124. The molecule has 6 heteroatoms. The smallest absolute Gasteiger partial charge is 0.244 e. The lowest BCUT2D eigenvalue weighted by Crippen LogP contribution is -2.30. The predicted molar refractivity (Wildman–Crippen MR) is 85.9 cm³/mol. The average molecular weight is 314 g/mol. The Labute approximate surface area is 135 Å². The summed E-state index contributed by atoms with van der Waals surface area (Å²) in [5, 5.41) is 6.89. The van der Waals surface area contributed by atoms with Crippen LogP contribution in [0.3, 0.4) is 0 Å². The van der Waals surface area contributed by atoms with Crippen molar-refractivity contribution in [1.29, 1.82) is 0 Å². The van der Waals surface area contributed by atoms with Gasteiger partial charge in [-0.3, -0.25) is 4.79 Å². The van der Waals surface area contributed by atoms with Gasteiger partial charge in [0.25, 0.3) is 0 Å². The summed E-state index contributed by atoms with van der Waals surface area (Å²) in [7, 11) is 0. The predicted octanol–water partition coefficient (Wildman–Crippen LogP) is 2.48. The molecule has 1 heterocycles. The molecule has 23 heavy (non-hydrogen) atoms.